The Bertz CT molecular complexity index is 947. The maximum atomic E-state index is 13.1. The summed E-state index contributed by atoms with van der Waals surface area (Å²) >= 11 is 1.65. The minimum atomic E-state index is -0.552. The van der Waals surface area contributed by atoms with Gasteiger partial charge in [0.15, 0.2) is 6.10 Å². The molecule has 0 N–H and O–H groups in total. The Labute approximate surface area is 181 Å². The van der Waals surface area contributed by atoms with Crippen molar-refractivity contribution in [2.24, 2.45) is 0 Å². The lowest BCUT2D eigenvalue weighted by atomic mass is 10.1. The third-order valence-corrected chi connectivity index (χ3v) is 6.75. The van der Waals surface area contributed by atoms with Crippen LogP contribution in [0.5, 0.6) is 5.75 Å². The molecule has 1 aromatic heterocycles. The van der Waals surface area contributed by atoms with Gasteiger partial charge in [0, 0.05) is 23.5 Å². The first-order valence-corrected chi connectivity index (χ1v) is 11.6. The summed E-state index contributed by atoms with van der Waals surface area (Å²) in [5, 5.41) is 1.01. The minimum Gasteiger partial charge on any atom is -0.478 e. The number of hydrogen-bond acceptors (Lipinski definition) is 5. The summed E-state index contributed by atoms with van der Waals surface area (Å²) in [6, 6.07) is 5.82. The van der Waals surface area contributed by atoms with Gasteiger partial charge < -0.3 is 9.64 Å². The SMILES string of the molecule is CCC1Oc2ccc(-c3nc(C)sc3C)cc2N(CC(=O)N2CCCCCC2)C1=O. The summed E-state index contributed by atoms with van der Waals surface area (Å²) in [7, 11) is 0. The fraction of sp³-hybridized carbons (Fsp3) is 0.522. The number of nitrogens with zero attached hydrogens (tertiary/aromatic N) is 3. The molecule has 0 radical (unpaired) electrons. The normalized spacial score (nSPS) is 19.3. The summed E-state index contributed by atoms with van der Waals surface area (Å²) < 4.78 is 5.96. The lowest BCUT2D eigenvalue weighted by Gasteiger charge is -2.35. The van der Waals surface area contributed by atoms with Gasteiger partial charge in [-0.1, -0.05) is 19.8 Å². The average molecular weight is 428 g/mol. The standard InChI is InChI=1S/C23H29N3O3S/c1-4-19-23(28)26(14-21(27)25-11-7-5-6-8-12-25)18-13-17(9-10-20(18)29-19)22-15(2)30-16(3)24-22/h9-10,13,19H,4-8,11-12,14H2,1-3H3. The summed E-state index contributed by atoms with van der Waals surface area (Å²) in [6.45, 7) is 7.58. The van der Waals surface area contributed by atoms with Gasteiger partial charge in [0.25, 0.3) is 5.91 Å². The zero-order valence-electron chi connectivity index (χ0n) is 17.9. The number of anilines is 1. The molecule has 2 aliphatic rings. The molecule has 2 amide bonds. The van der Waals surface area contributed by atoms with E-state index < -0.39 is 6.10 Å². The molecule has 1 aromatic carbocycles. The van der Waals surface area contributed by atoms with Crippen molar-refractivity contribution >= 4 is 28.8 Å². The van der Waals surface area contributed by atoms with E-state index in [4.69, 9.17) is 4.74 Å². The van der Waals surface area contributed by atoms with Crippen LogP contribution in [0.2, 0.25) is 0 Å². The van der Waals surface area contributed by atoms with Crippen LogP contribution in [0.15, 0.2) is 18.2 Å². The minimum absolute atomic E-state index is 0.0130. The molecule has 0 spiro atoms. The molecule has 0 saturated carbocycles. The van der Waals surface area contributed by atoms with Crippen LogP contribution in [-0.2, 0) is 9.59 Å². The van der Waals surface area contributed by atoms with Gasteiger partial charge in [-0.25, -0.2) is 4.98 Å². The maximum Gasteiger partial charge on any atom is 0.268 e. The van der Waals surface area contributed by atoms with Crippen molar-refractivity contribution in [3.63, 3.8) is 0 Å². The van der Waals surface area contributed by atoms with Crippen LogP contribution in [0.25, 0.3) is 11.3 Å². The van der Waals surface area contributed by atoms with Crippen molar-refractivity contribution < 1.29 is 14.3 Å². The third-order valence-electron chi connectivity index (χ3n) is 5.86. The first kappa shape index (κ1) is 20.8. The van der Waals surface area contributed by atoms with Gasteiger partial charge in [-0.2, -0.15) is 0 Å². The predicted molar refractivity (Wildman–Crippen MR) is 119 cm³/mol. The van der Waals surface area contributed by atoms with Gasteiger partial charge in [0.05, 0.1) is 16.4 Å². The van der Waals surface area contributed by atoms with Crippen LogP contribution in [0.1, 0.15) is 48.9 Å². The van der Waals surface area contributed by atoms with Crippen LogP contribution in [0.4, 0.5) is 5.69 Å². The molecule has 0 bridgehead atoms. The molecule has 2 aliphatic heterocycles. The molecule has 4 rings (SSSR count). The van der Waals surface area contributed by atoms with E-state index in [-0.39, 0.29) is 18.4 Å². The van der Waals surface area contributed by atoms with Gasteiger partial charge in [0.1, 0.15) is 12.3 Å². The molecule has 7 heteroatoms. The number of benzene rings is 1. The Morgan fingerprint density at radius 3 is 2.57 bits per heavy atom. The van der Waals surface area contributed by atoms with Crippen molar-refractivity contribution in [2.75, 3.05) is 24.5 Å². The molecule has 1 saturated heterocycles. The monoisotopic (exact) mass is 427 g/mol. The highest BCUT2D eigenvalue weighted by Crippen LogP contribution is 2.39. The number of fused-ring (bicyclic) bond motifs is 1. The molecule has 160 valence electrons. The second-order valence-corrected chi connectivity index (χ2v) is 9.46. The number of ether oxygens (including phenoxy) is 1. The number of thiazole rings is 1. The van der Waals surface area contributed by atoms with E-state index in [1.165, 1.54) is 0 Å². The molecule has 6 nitrogen and oxygen atoms in total. The second-order valence-electron chi connectivity index (χ2n) is 8.05. The zero-order valence-corrected chi connectivity index (χ0v) is 18.8. The molecule has 1 unspecified atom stereocenters. The number of hydrogen-bond donors (Lipinski definition) is 0. The smallest absolute Gasteiger partial charge is 0.268 e. The molecule has 1 fully saturated rings. The molecular formula is C23H29N3O3S. The van der Waals surface area contributed by atoms with Crippen LogP contribution in [0.3, 0.4) is 0 Å². The highest BCUT2D eigenvalue weighted by Gasteiger charge is 2.35. The van der Waals surface area contributed by atoms with Crippen molar-refractivity contribution in [1.29, 1.82) is 0 Å². The van der Waals surface area contributed by atoms with Crippen LogP contribution in [0, 0.1) is 13.8 Å². The molecule has 0 aliphatic carbocycles. The molecule has 2 aromatic rings. The fourth-order valence-corrected chi connectivity index (χ4v) is 5.08. The Hall–Kier alpha value is -2.41. The fourth-order valence-electron chi connectivity index (χ4n) is 4.24. The van der Waals surface area contributed by atoms with Gasteiger partial charge in [-0.15, -0.1) is 11.3 Å². The van der Waals surface area contributed by atoms with Gasteiger partial charge in [0.2, 0.25) is 5.91 Å². The number of aryl methyl sites for hydroxylation is 2. The van der Waals surface area contributed by atoms with Gasteiger partial charge in [-0.05, 0) is 51.3 Å². The van der Waals surface area contributed by atoms with Crippen LogP contribution >= 0.6 is 11.3 Å². The molecule has 1 atom stereocenters. The molecule has 30 heavy (non-hydrogen) atoms. The number of amides is 2. The maximum absolute atomic E-state index is 13.1. The van der Waals surface area contributed by atoms with E-state index in [0.29, 0.717) is 17.9 Å². The molecule has 3 heterocycles. The van der Waals surface area contributed by atoms with Crippen molar-refractivity contribution in [3.05, 3.63) is 28.1 Å². The van der Waals surface area contributed by atoms with Crippen LogP contribution < -0.4 is 9.64 Å². The topological polar surface area (TPSA) is 62.7 Å². The predicted octanol–water partition coefficient (Wildman–Crippen LogP) is 4.33. The second kappa shape index (κ2) is 8.76. The Balaban J connectivity index is 1.67. The van der Waals surface area contributed by atoms with Crippen molar-refractivity contribution in [2.45, 2.75) is 59.0 Å². The first-order chi connectivity index (χ1) is 14.5. The number of likely N-dealkylation sites (tertiary alicyclic amines) is 1. The highest BCUT2D eigenvalue weighted by molar-refractivity contribution is 7.11. The van der Waals surface area contributed by atoms with E-state index in [1.54, 1.807) is 16.2 Å². The number of rotatable bonds is 4. The summed E-state index contributed by atoms with van der Waals surface area (Å²) in [6.07, 6.45) is 4.41. The van der Waals surface area contributed by atoms with Crippen LogP contribution in [-0.4, -0.2) is 47.4 Å². The van der Waals surface area contributed by atoms with E-state index in [9.17, 15) is 9.59 Å². The summed E-state index contributed by atoms with van der Waals surface area (Å²) in [5.74, 6) is 0.522. The van der Waals surface area contributed by atoms with Crippen molar-refractivity contribution in [1.82, 2.24) is 9.88 Å². The van der Waals surface area contributed by atoms with E-state index in [2.05, 4.69) is 11.9 Å². The first-order valence-electron chi connectivity index (χ1n) is 10.8. The third kappa shape index (κ3) is 4.08. The largest absolute Gasteiger partial charge is 0.478 e. The summed E-state index contributed by atoms with van der Waals surface area (Å²) in [5.41, 5.74) is 2.52. The number of aromatic nitrogens is 1. The molecular weight excluding hydrogens is 398 g/mol. The Kier molecular flexibility index (Phi) is 6.09. The van der Waals surface area contributed by atoms with E-state index in [0.717, 1.165) is 59.9 Å². The van der Waals surface area contributed by atoms with E-state index in [1.807, 2.05) is 36.9 Å². The van der Waals surface area contributed by atoms with Gasteiger partial charge in [-0.3, -0.25) is 14.5 Å². The van der Waals surface area contributed by atoms with E-state index >= 15 is 0 Å². The highest BCUT2D eigenvalue weighted by atomic mass is 32.1. The lowest BCUT2D eigenvalue weighted by Crippen LogP contribution is -2.50. The lowest BCUT2D eigenvalue weighted by molar-refractivity contribution is -0.133. The average Bonchev–Trinajstić information content (AvgIpc) is 2.93. The number of carbonyl (C=O) groups excluding carboxylic acids is 2. The Morgan fingerprint density at radius 1 is 1.20 bits per heavy atom. The zero-order chi connectivity index (χ0) is 21.3. The quantitative estimate of drug-likeness (QED) is 0.728. The number of carbonyl (C=O) groups is 2. The van der Waals surface area contributed by atoms with Crippen molar-refractivity contribution in [3.8, 4) is 17.0 Å². The summed E-state index contributed by atoms with van der Waals surface area (Å²) in [4.78, 5) is 35.5. The Morgan fingerprint density at radius 2 is 1.93 bits per heavy atom. The van der Waals surface area contributed by atoms with Gasteiger partial charge >= 0.3 is 0 Å².